The number of hydrogen-bond acceptors (Lipinski definition) is 5. The van der Waals surface area contributed by atoms with Crippen molar-refractivity contribution in [3.05, 3.63) is 88.0 Å². The molecule has 3 rings (SSSR count). The number of nitro groups is 1. The third-order valence-corrected chi connectivity index (χ3v) is 5.90. The third kappa shape index (κ3) is 4.02. The van der Waals surface area contributed by atoms with Crippen LogP contribution in [-0.2, 0) is 14.3 Å². The molecule has 28 heavy (non-hydrogen) atoms. The molecule has 0 aliphatic rings. The number of benzene rings is 3. The van der Waals surface area contributed by atoms with Crippen molar-refractivity contribution in [1.29, 1.82) is 0 Å². The van der Waals surface area contributed by atoms with Gasteiger partial charge in [0.2, 0.25) is 11.3 Å². The minimum Gasteiger partial charge on any atom is -0.464 e. The molecule has 0 spiro atoms. The van der Waals surface area contributed by atoms with Crippen LogP contribution in [0.15, 0.2) is 71.6 Å². The molecule has 3 aromatic carbocycles. The molecule has 0 heterocycles. The number of esters is 1. The Morgan fingerprint density at radius 2 is 1.75 bits per heavy atom. The standard InChI is InChI=1S/C22H21NO4S/c1-3-27-21(24)22(15-23(25)26,20-11-7-4-8-16(20)2)28-19-13-12-17-9-5-6-10-18(17)14-19/h4-14H,3,15H2,1-2H3. The van der Waals surface area contributed by atoms with E-state index in [0.29, 0.717) is 5.56 Å². The van der Waals surface area contributed by atoms with Crippen LogP contribution in [0.3, 0.4) is 0 Å². The molecular weight excluding hydrogens is 374 g/mol. The molecule has 0 saturated carbocycles. The lowest BCUT2D eigenvalue weighted by Gasteiger charge is -2.29. The van der Waals surface area contributed by atoms with Crippen molar-refractivity contribution in [2.24, 2.45) is 0 Å². The van der Waals surface area contributed by atoms with Gasteiger partial charge in [0, 0.05) is 9.82 Å². The first kappa shape index (κ1) is 19.9. The van der Waals surface area contributed by atoms with Crippen LogP contribution >= 0.6 is 11.8 Å². The molecule has 0 N–H and O–H groups in total. The van der Waals surface area contributed by atoms with Gasteiger partial charge >= 0.3 is 5.97 Å². The molecule has 1 unspecified atom stereocenters. The highest BCUT2D eigenvalue weighted by molar-refractivity contribution is 8.01. The molecular formula is C22H21NO4S. The average Bonchev–Trinajstić information content (AvgIpc) is 2.67. The maximum atomic E-state index is 13.1. The van der Waals surface area contributed by atoms with E-state index >= 15 is 0 Å². The molecule has 0 radical (unpaired) electrons. The van der Waals surface area contributed by atoms with E-state index in [4.69, 9.17) is 4.74 Å². The number of hydrogen-bond donors (Lipinski definition) is 0. The van der Waals surface area contributed by atoms with Gasteiger partial charge in [-0.25, -0.2) is 4.79 Å². The highest BCUT2D eigenvalue weighted by Gasteiger charge is 2.49. The van der Waals surface area contributed by atoms with Gasteiger partial charge in [0.25, 0.3) is 0 Å². The van der Waals surface area contributed by atoms with E-state index in [0.717, 1.165) is 21.2 Å². The van der Waals surface area contributed by atoms with Crippen molar-refractivity contribution in [3.63, 3.8) is 0 Å². The van der Waals surface area contributed by atoms with Crippen LogP contribution in [0, 0.1) is 17.0 Å². The van der Waals surface area contributed by atoms with Gasteiger partial charge < -0.3 is 4.74 Å². The molecule has 0 saturated heterocycles. The van der Waals surface area contributed by atoms with Crippen LogP contribution in [0.1, 0.15) is 18.1 Å². The molecule has 0 aromatic heterocycles. The minimum absolute atomic E-state index is 0.155. The van der Waals surface area contributed by atoms with Crippen molar-refractivity contribution < 1.29 is 14.5 Å². The summed E-state index contributed by atoms with van der Waals surface area (Å²) in [6.07, 6.45) is 0. The Morgan fingerprint density at radius 3 is 2.43 bits per heavy atom. The zero-order valence-electron chi connectivity index (χ0n) is 15.8. The van der Waals surface area contributed by atoms with E-state index in [1.165, 1.54) is 11.8 Å². The number of fused-ring (bicyclic) bond motifs is 1. The van der Waals surface area contributed by atoms with Crippen LogP contribution in [0.4, 0.5) is 0 Å². The summed E-state index contributed by atoms with van der Waals surface area (Å²) in [5.41, 5.74) is 1.41. The zero-order chi connectivity index (χ0) is 20.1. The molecule has 0 amide bonds. The monoisotopic (exact) mass is 395 g/mol. The van der Waals surface area contributed by atoms with Gasteiger partial charge in [0.15, 0.2) is 0 Å². The van der Waals surface area contributed by atoms with Crippen LogP contribution < -0.4 is 0 Å². The fourth-order valence-electron chi connectivity index (χ4n) is 3.28. The number of thioether (sulfide) groups is 1. The van der Waals surface area contributed by atoms with E-state index in [-0.39, 0.29) is 6.61 Å². The Labute approximate surface area is 167 Å². The fraction of sp³-hybridized carbons (Fsp3) is 0.227. The summed E-state index contributed by atoms with van der Waals surface area (Å²) >= 11 is 1.18. The normalized spacial score (nSPS) is 13.1. The summed E-state index contributed by atoms with van der Waals surface area (Å²) < 4.78 is 3.85. The first-order valence-electron chi connectivity index (χ1n) is 8.99. The van der Waals surface area contributed by atoms with Crippen LogP contribution in [0.2, 0.25) is 0 Å². The Hall–Kier alpha value is -2.86. The SMILES string of the molecule is CCOC(=O)C(C[N+](=O)[O-])(Sc1ccc2ccccc2c1)c1ccccc1C. The Bertz CT molecular complexity index is 1020. The first-order valence-corrected chi connectivity index (χ1v) is 9.81. The van der Waals surface area contributed by atoms with Gasteiger partial charge in [-0.3, -0.25) is 10.1 Å². The molecule has 0 bridgehead atoms. The van der Waals surface area contributed by atoms with E-state index in [1.54, 1.807) is 19.1 Å². The highest BCUT2D eigenvalue weighted by atomic mass is 32.2. The van der Waals surface area contributed by atoms with E-state index in [9.17, 15) is 14.9 Å². The molecule has 5 nitrogen and oxygen atoms in total. The lowest BCUT2D eigenvalue weighted by Crippen LogP contribution is -2.41. The predicted molar refractivity (Wildman–Crippen MR) is 111 cm³/mol. The summed E-state index contributed by atoms with van der Waals surface area (Å²) in [5, 5.41) is 13.7. The predicted octanol–water partition coefficient (Wildman–Crippen LogP) is 4.98. The Balaban J connectivity index is 2.16. The van der Waals surface area contributed by atoms with Crippen molar-refractivity contribution in [1.82, 2.24) is 0 Å². The van der Waals surface area contributed by atoms with Gasteiger partial charge in [0.1, 0.15) is 0 Å². The summed E-state index contributed by atoms with van der Waals surface area (Å²) in [7, 11) is 0. The van der Waals surface area contributed by atoms with Crippen LogP contribution in [0.5, 0.6) is 0 Å². The molecule has 144 valence electrons. The van der Waals surface area contributed by atoms with Crippen LogP contribution in [0.25, 0.3) is 10.8 Å². The minimum atomic E-state index is -1.46. The van der Waals surface area contributed by atoms with Crippen molar-refractivity contribution >= 4 is 28.5 Å². The summed E-state index contributed by atoms with van der Waals surface area (Å²) in [6, 6.07) is 20.9. The number of carbonyl (C=O) groups excluding carboxylic acids is 1. The second kappa shape index (κ2) is 8.44. The zero-order valence-corrected chi connectivity index (χ0v) is 16.6. The molecule has 6 heteroatoms. The number of aryl methyl sites for hydroxylation is 1. The number of ether oxygens (including phenoxy) is 1. The molecule has 0 fully saturated rings. The maximum Gasteiger partial charge on any atom is 0.334 e. The maximum absolute atomic E-state index is 13.1. The number of carbonyl (C=O) groups is 1. The van der Waals surface area contributed by atoms with Crippen molar-refractivity contribution in [2.75, 3.05) is 13.2 Å². The molecule has 0 aliphatic carbocycles. The largest absolute Gasteiger partial charge is 0.464 e. The highest BCUT2D eigenvalue weighted by Crippen LogP contribution is 2.44. The lowest BCUT2D eigenvalue weighted by atomic mass is 9.93. The van der Waals surface area contributed by atoms with E-state index < -0.39 is 22.2 Å². The second-order valence-corrected chi connectivity index (χ2v) is 7.84. The van der Waals surface area contributed by atoms with E-state index in [2.05, 4.69) is 0 Å². The topological polar surface area (TPSA) is 69.4 Å². The third-order valence-electron chi connectivity index (χ3n) is 4.55. The van der Waals surface area contributed by atoms with Crippen molar-refractivity contribution in [2.45, 2.75) is 23.5 Å². The fourth-order valence-corrected chi connectivity index (χ4v) is 4.65. The average molecular weight is 395 g/mol. The number of nitrogens with zero attached hydrogens (tertiary/aromatic N) is 1. The first-order chi connectivity index (χ1) is 13.5. The lowest BCUT2D eigenvalue weighted by molar-refractivity contribution is -0.484. The summed E-state index contributed by atoms with van der Waals surface area (Å²) in [5.74, 6) is -0.598. The Kier molecular flexibility index (Phi) is 5.99. The molecule has 0 aliphatic heterocycles. The molecule has 1 atom stereocenters. The molecule has 3 aromatic rings. The van der Waals surface area contributed by atoms with E-state index in [1.807, 2.05) is 61.5 Å². The van der Waals surface area contributed by atoms with Crippen LogP contribution in [-0.4, -0.2) is 24.0 Å². The van der Waals surface area contributed by atoms with Gasteiger partial charge in [-0.15, -0.1) is 0 Å². The van der Waals surface area contributed by atoms with Gasteiger partial charge in [-0.2, -0.15) is 0 Å². The van der Waals surface area contributed by atoms with Gasteiger partial charge in [-0.1, -0.05) is 66.4 Å². The smallest absolute Gasteiger partial charge is 0.334 e. The number of rotatable bonds is 7. The Morgan fingerprint density at radius 1 is 1.07 bits per heavy atom. The second-order valence-electron chi connectivity index (χ2n) is 6.46. The summed E-state index contributed by atoms with van der Waals surface area (Å²) in [6.45, 7) is 3.15. The summed E-state index contributed by atoms with van der Waals surface area (Å²) in [4.78, 5) is 25.0. The quantitative estimate of drug-likeness (QED) is 0.244. The van der Waals surface area contributed by atoms with Gasteiger partial charge in [0.05, 0.1) is 6.61 Å². The van der Waals surface area contributed by atoms with Crippen molar-refractivity contribution in [3.8, 4) is 0 Å². The van der Waals surface area contributed by atoms with Gasteiger partial charge in [-0.05, 0) is 47.9 Å².